The normalized spacial score (nSPS) is 19.7. The van der Waals surface area contributed by atoms with Crippen molar-refractivity contribution in [3.63, 3.8) is 0 Å². The molecular formula is C31H38F6N6. The number of guanidine groups is 1. The Hall–Kier alpha value is -3.31. The van der Waals surface area contributed by atoms with Gasteiger partial charge < -0.3 is 9.80 Å². The van der Waals surface area contributed by atoms with Gasteiger partial charge in [-0.15, -0.1) is 10.2 Å². The zero-order valence-corrected chi connectivity index (χ0v) is 24.5. The van der Waals surface area contributed by atoms with E-state index < -0.39 is 29.5 Å². The molecule has 1 fully saturated rings. The lowest BCUT2D eigenvalue weighted by Gasteiger charge is -2.35. The van der Waals surface area contributed by atoms with Gasteiger partial charge in [0.05, 0.1) is 17.2 Å². The molecule has 0 radical (unpaired) electrons. The maximum atomic E-state index is 13.7. The largest absolute Gasteiger partial charge is 0.416 e. The van der Waals surface area contributed by atoms with Gasteiger partial charge in [-0.1, -0.05) is 18.9 Å². The first-order valence-electron chi connectivity index (χ1n) is 14.9. The zero-order chi connectivity index (χ0) is 30.9. The van der Waals surface area contributed by atoms with E-state index in [1.807, 2.05) is 0 Å². The highest BCUT2D eigenvalue weighted by molar-refractivity contribution is 5.81. The maximum absolute atomic E-state index is 13.7. The molecule has 5 rings (SSSR count). The van der Waals surface area contributed by atoms with Crippen LogP contribution in [-0.2, 0) is 31.7 Å². The number of fused-ring (bicyclic) bond motifs is 2. The summed E-state index contributed by atoms with van der Waals surface area (Å²) >= 11 is 0. The minimum Gasteiger partial charge on any atom is -0.371 e. The molecule has 2 aromatic carbocycles. The predicted molar refractivity (Wildman–Crippen MR) is 153 cm³/mol. The van der Waals surface area contributed by atoms with Gasteiger partial charge in [0.25, 0.3) is 5.96 Å². The molecule has 1 aliphatic heterocycles. The summed E-state index contributed by atoms with van der Waals surface area (Å²) in [6, 6.07) is 5.62. The Labute approximate surface area is 248 Å². The number of hydrogen-bond acceptors (Lipinski definition) is 4. The van der Waals surface area contributed by atoms with Crippen molar-refractivity contribution in [2.45, 2.75) is 82.7 Å². The van der Waals surface area contributed by atoms with Crippen molar-refractivity contribution >= 4 is 11.6 Å². The lowest BCUT2D eigenvalue weighted by Crippen LogP contribution is -2.35. The van der Waals surface area contributed by atoms with Crippen LogP contribution < -0.4 is 4.90 Å². The molecule has 0 spiro atoms. The summed E-state index contributed by atoms with van der Waals surface area (Å²) in [5.41, 5.74) is 9.59. The lowest BCUT2D eigenvalue weighted by molar-refractivity contribution is -0.143. The van der Waals surface area contributed by atoms with Crippen molar-refractivity contribution in [1.82, 2.24) is 9.91 Å². The predicted octanol–water partition coefficient (Wildman–Crippen LogP) is 8.41. The summed E-state index contributed by atoms with van der Waals surface area (Å²) in [4.78, 5) is 4.04. The van der Waals surface area contributed by atoms with Crippen LogP contribution in [0.25, 0.3) is 0 Å². The second-order valence-electron chi connectivity index (χ2n) is 12.2. The van der Waals surface area contributed by atoms with E-state index in [1.54, 1.807) is 19.0 Å². The van der Waals surface area contributed by atoms with E-state index in [0.717, 1.165) is 62.2 Å². The third-order valence-corrected chi connectivity index (χ3v) is 8.82. The average molecular weight is 609 g/mol. The molecule has 234 valence electrons. The molecule has 1 N–H and O–H groups in total. The average Bonchev–Trinajstić information content (AvgIpc) is 3.59. The Morgan fingerprint density at radius 3 is 2.07 bits per heavy atom. The molecule has 1 atom stereocenters. The van der Waals surface area contributed by atoms with E-state index in [-0.39, 0.29) is 24.1 Å². The van der Waals surface area contributed by atoms with Crippen molar-refractivity contribution in [3.05, 3.63) is 63.7 Å². The Balaban J connectivity index is 1.62. The minimum atomic E-state index is -4.96. The molecule has 0 saturated heterocycles. The molecule has 43 heavy (non-hydrogen) atoms. The maximum Gasteiger partial charge on any atom is 0.416 e. The second kappa shape index (κ2) is 12.4. The topological polar surface area (TPSA) is 58.3 Å². The number of rotatable bonds is 6. The number of benzene rings is 2. The SMILES string of the molecule is CN(C)/N=C(\N=N)N(Cc1cc(C(F)(F)F)cc(C(F)(F)F)c1)[C@H]1CCCN(CC2CCCC2)c2cc3c(cc21)CCC3. The fourth-order valence-corrected chi connectivity index (χ4v) is 6.89. The third-order valence-electron chi connectivity index (χ3n) is 8.82. The van der Waals surface area contributed by atoms with Gasteiger partial charge in [-0.2, -0.15) is 26.3 Å². The number of nitrogens with zero attached hydrogens (tertiary/aromatic N) is 5. The van der Waals surface area contributed by atoms with Crippen LogP contribution in [0.3, 0.4) is 0 Å². The van der Waals surface area contributed by atoms with Gasteiger partial charge in [-0.05, 0) is 97.4 Å². The standard InChI is InChI=1S/C31H38F6N6/c1-41(2)40-29(39-38)43(19-21-13-24(30(32,33)34)17-25(14-21)31(35,36)37)27-11-6-12-42(18-20-7-3-4-8-20)28-16-23-10-5-9-22(23)15-26(27)28/h13-17,20,27,38H,3-12,18-19H2,1-2H3/b39-38?,40-29+/t27-/m0/s1. The van der Waals surface area contributed by atoms with Gasteiger partial charge >= 0.3 is 12.4 Å². The summed E-state index contributed by atoms with van der Waals surface area (Å²) in [5, 5.41) is 9.43. The van der Waals surface area contributed by atoms with E-state index in [0.29, 0.717) is 12.3 Å². The molecule has 2 aliphatic carbocycles. The van der Waals surface area contributed by atoms with E-state index in [2.05, 4.69) is 27.2 Å². The van der Waals surface area contributed by atoms with Gasteiger partial charge in [0, 0.05) is 39.4 Å². The van der Waals surface area contributed by atoms with Crippen molar-refractivity contribution in [2.75, 3.05) is 32.1 Å². The summed E-state index contributed by atoms with van der Waals surface area (Å²) < 4.78 is 82.5. The number of hydrogen-bond donors (Lipinski definition) is 1. The van der Waals surface area contributed by atoms with Gasteiger partial charge in [0.15, 0.2) is 0 Å². The fraction of sp³-hybridized carbons (Fsp3) is 0.581. The molecule has 12 heteroatoms. The summed E-state index contributed by atoms with van der Waals surface area (Å²) in [6.45, 7) is 1.39. The van der Waals surface area contributed by atoms with Crippen LogP contribution in [0.1, 0.15) is 84.4 Å². The molecule has 0 aromatic heterocycles. The van der Waals surface area contributed by atoms with Gasteiger partial charge in [0.1, 0.15) is 0 Å². The van der Waals surface area contributed by atoms with Crippen LogP contribution in [0.4, 0.5) is 32.0 Å². The van der Waals surface area contributed by atoms with Crippen LogP contribution in [0.2, 0.25) is 0 Å². The summed E-state index contributed by atoms with van der Waals surface area (Å²) in [7, 11) is 3.26. The van der Waals surface area contributed by atoms with Crippen LogP contribution in [0.5, 0.6) is 0 Å². The first-order valence-corrected chi connectivity index (χ1v) is 14.9. The fourth-order valence-electron chi connectivity index (χ4n) is 6.89. The quantitative estimate of drug-likeness (QED) is 0.118. The molecule has 2 aromatic rings. The van der Waals surface area contributed by atoms with Crippen LogP contribution in [0.15, 0.2) is 40.5 Å². The van der Waals surface area contributed by atoms with Crippen molar-refractivity contribution in [1.29, 1.82) is 5.53 Å². The molecule has 0 bridgehead atoms. The van der Waals surface area contributed by atoms with Crippen LogP contribution >= 0.6 is 0 Å². The number of anilines is 1. The highest BCUT2D eigenvalue weighted by atomic mass is 19.4. The van der Waals surface area contributed by atoms with Crippen molar-refractivity contribution in [3.8, 4) is 0 Å². The van der Waals surface area contributed by atoms with E-state index in [1.165, 1.54) is 41.8 Å². The number of hydrazone groups is 1. The van der Waals surface area contributed by atoms with Crippen molar-refractivity contribution in [2.24, 2.45) is 16.1 Å². The summed E-state index contributed by atoms with van der Waals surface area (Å²) in [5.74, 6) is 0.519. The molecule has 1 saturated carbocycles. The molecular weight excluding hydrogens is 570 g/mol. The molecule has 3 aliphatic rings. The first-order chi connectivity index (χ1) is 20.3. The van der Waals surface area contributed by atoms with E-state index in [4.69, 9.17) is 5.53 Å². The molecule has 0 amide bonds. The highest BCUT2D eigenvalue weighted by Gasteiger charge is 2.38. The first kappa shape index (κ1) is 31.1. The number of aryl methyl sites for hydroxylation is 2. The Kier molecular flexibility index (Phi) is 8.94. The number of halogens is 6. The van der Waals surface area contributed by atoms with Gasteiger partial charge in [-0.25, -0.2) is 5.53 Å². The number of alkyl halides is 6. The Bertz CT molecular complexity index is 1310. The molecule has 0 unspecified atom stereocenters. The van der Waals surface area contributed by atoms with Gasteiger partial charge in [0.2, 0.25) is 0 Å². The zero-order valence-electron chi connectivity index (χ0n) is 24.5. The molecule has 6 nitrogen and oxygen atoms in total. The van der Waals surface area contributed by atoms with E-state index >= 15 is 0 Å². The highest BCUT2D eigenvalue weighted by Crippen LogP contribution is 2.43. The Morgan fingerprint density at radius 1 is 0.860 bits per heavy atom. The van der Waals surface area contributed by atoms with Crippen LogP contribution in [-0.4, -0.2) is 43.1 Å². The minimum absolute atomic E-state index is 0.0725. The van der Waals surface area contributed by atoms with Crippen LogP contribution in [0, 0.1) is 11.4 Å². The smallest absolute Gasteiger partial charge is 0.371 e. The monoisotopic (exact) mass is 608 g/mol. The Morgan fingerprint density at radius 2 is 1.49 bits per heavy atom. The number of nitrogens with one attached hydrogen (secondary N) is 1. The van der Waals surface area contributed by atoms with Gasteiger partial charge in [-0.3, -0.25) is 5.01 Å². The van der Waals surface area contributed by atoms with Crippen molar-refractivity contribution < 1.29 is 26.3 Å². The second-order valence-corrected chi connectivity index (χ2v) is 12.2. The lowest BCUT2D eigenvalue weighted by atomic mass is 9.94. The summed E-state index contributed by atoms with van der Waals surface area (Å²) in [6.07, 6.45) is -0.838. The van der Waals surface area contributed by atoms with E-state index in [9.17, 15) is 26.3 Å². The molecule has 1 heterocycles. The third kappa shape index (κ3) is 7.09.